The highest BCUT2D eigenvalue weighted by atomic mass is 35.5. The minimum Gasteiger partial charge on any atom is -0.340 e. The molecule has 0 aliphatic heterocycles. The van der Waals surface area contributed by atoms with Crippen LogP contribution in [0.5, 0.6) is 0 Å². The molecule has 0 bridgehead atoms. The van der Waals surface area contributed by atoms with E-state index in [-0.39, 0.29) is 11.9 Å². The van der Waals surface area contributed by atoms with E-state index >= 15 is 0 Å². The van der Waals surface area contributed by atoms with Gasteiger partial charge in [-0.2, -0.15) is 0 Å². The van der Waals surface area contributed by atoms with Gasteiger partial charge in [-0.3, -0.25) is 4.79 Å². The molecule has 0 aromatic carbocycles. The average Bonchev–Trinajstić information content (AvgIpc) is 2.86. The first kappa shape index (κ1) is 13.8. The van der Waals surface area contributed by atoms with Crippen LogP contribution in [0.2, 0.25) is 4.34 Å². The van der Waals surface area contributed by atoms with Gasteiger partial charge in [-0.25, -0.2) is 0 Å². The summed E-state index contributed by atoms with van der Waals surface area (Å²) in [7, 11) is 1.84. The molecule has 1 aliphatic carbocycles. The Bertz CT molecular complexity index is 448. The third-order valence-electron chi connectivity index (χ3n) is 3.89. The molecule has 1 amide bonds. The molecule has 2 atom stereocenters. The van der Waals surface area contributed by atoms with E-state index in [4.69, 9.17) is 17.3 Å². The summed E-state index contributed by atoms with van der Waals surface area (Å²) in [5.41, 5.74) is 5.69. The van der Waals surface area contributed by atoms with Crippen LogP contribution >= 0.6 is 22.9 Å². The van der Waals surface area contributed by atoms with Gasteiger partial charge in [0.05, 0.1) is 16.3 Å². The van der Waals surface area contributed by atoms with Crippen molar-refractivity contribution in [3.05, 3.63) is 21.3 Å². The zero-order chi connectivity index (χ0) is 13.3. The molecule has 1 saturated carbocycles. The topological polar surface area (TPSA) is 46.3 Å². The Morgan fingerprint density at radius 2 is 2.39 bits per heavy atom. The predicted octanol–water partition coefficient (Wildman–Crippen LogP) is 2.88. The maximum Gasteiger partial charge on any atom is 0.230 e. The molecule has 0 spiro atoms. The number of amides is 1. The third kappa shape index (κ3) is 2.56. The summed E-state index contributed by atoms with van der Waals surface area (Å²) in [6.07, 6.45) is 2.88. The van der Waals surface area contributed by atoms with E-state index in [1.807, 2.05) is 26.1 Å². The van der Waals surface area contributed by atoms with E-state index in [0.717, 1.165) is 28.5 Å². The quantitative estimate of drug-likeness (QED) is 0.929. The molecule has 1 fully saturated rings. The van der Waals surface area contributed by atoms with Gasteiger partial charge in [0.25, 0.3) is 0 Å². The van der Waals surface area contributed by atoms with Gasteiger partial charge in [0.15, 0.2) is 0 Å². The number of rotatable bonds is 3. The Balaban J connectivity index is 2.05. The van der Waals surface area contributed by atoms with E-state index < -0.39 is 5.41 Å². The standard InChI is InChI=1S/C13H19ClN2OS/c1-13(7-3-4-10(13)15)12(17)16(2)8-9-5-6-11(14)18-9/h5-6,10H,3-4,7-8,15H2,1-2H3. The summed E-state index contributed by atoms with van der Waals surface area (Å²) >= 11 is 7.41. The summed E-state index contributed by atoms with van der Waals surface area (Å²) in [6.45, 7) is 2.60. The van der Waals surface area contributed by atoms with Gasteiger partial charge in [-0.15, -0.1) is 11.3 Å². The van der Waals surface area contributed by atoms with Crippen LogP contribution in [0.15, 0.2) is 12.1 Å². The fraction of sp³-hybridized carbons (Fsp3) is 0.615. The second kappa shape index (κ2) is 5.19. The first-order valence-electron chi connectivity index (χ1n) is 6.19. The van der Waals surface area contributed by atoms with E-state index in [1.165, 1.54) is 11.3 Å². The average molecular weight is 287 g/mol. The normalized spacial score (nSPS) is 27.4. The van der Waals surface area contributed by atoms with Crippen molar-refractivity contribution in [1.82, 2.24) is 4.90 Å². The van der Waals surface area contributed by atoms with Crippen LogP contribution in [0, 0.1) is 5.41 Å². The monoisotopic (exact) mass is 286 g/mol. The van der Waals surface area contributed by atoms with Crippen molar-refractivity contribution in [2.24, 2.45) is 11.1 Å². The molecule has 2 N–H and O–H groups in total. The Morgan fingerprint density at radius 1 is 1.67 bits per heavy atom. The van der Waals surface area contributed by atoms with Gasteiger partial charge in [0, 0.05) is 18.0 Å². The van der Waals surface area contributed by atoms with Crippen molar-refractivity contribution >= 4 is 28.8 Å². The van der Waals surface area contributed by atoms with Gasteiger partial charge < -0.3 is 10.6 Å². The fourth-order valence-corrected chi connectivity index (χ4v) is 3.78. The van der Waals surface area contributed by atoms with Crippen LogP contribution in [0.4, 0.5) is 0 Å². The number of carbonyl (C=O) groups is 1. The highest BCUT2D eigenvalue weighted by Crippen LogP contribution is 2.38. The zero-order valence-electron chi connectivity index (χ0n) is 10.8. The molecule has 2 unspecified atom stereocenters. The second-order valence-electron chi connectivity index (χ2n) is 5.28. The molecule has 0 radical (unpaired) electrons. The third-order valence-corrected chi connectivity index (χ3v) is 5.10. The number of carbonyl (C=O) groups excluding carboxylic acids is 1. The minimum absolute atomic E-state index is 0.0145. The molecule has 100 valence electrons. The first-order chi connectivity index (χ1) is 8.43. The summed E-state index contributed by atoms with van der Waals surface area (Å²) in [6, 6.07) is 3.82. The Morgan fingerprint density at radius 3 is 2.89 bits per heavy atom. The van der Waals surface area contributed by atoms with Gasteiger partial charge in [-0.1, -0.05) is 18.0 Å². The fourth-order valence-electron chi connectivity index (χ4n) is 2.64. The van der Waals surface area contributed by atoms with Crippen molar-refractivity contribution in [2.45, 2.75) is 38.8 Å². The van der Waals surface area contributed by atoms with Crippen LogP contribution in [0.25, 0.3) is 0 Å². The van der Waals surface area contributed by atoms with Gasteiger partial charge in [-0.05, 0) is 31.9 Å². The van der Waals surface area contributed by atoms with E-state index in [2.05, 4.69) is 0 Å². The Labute approximate surface area is 117 Å². The highest BCUT2D eigenvalue weighted by Gasteiger charge is 2.44. The second-order valence-corrected chi connectivity index (χ2v) is 7.08. The van der Waals surface area contributed by atoms with Gasteiger partial charge in [0.1, 0.15) is 0 Å². The number of hydrogen-bond acceptors (Lipinski definition) is 3. The SMILES string of the molecule is CN(Cc1ccc(Cl)s1)C(=O)C1(C)CCCC1N. The van der Waals surface area contributed by atoms with Crippen molar-refractivity contribution in [3.8, 4) is 0 Å². The molecule has 1 aromatic rings. The number of nitrogens with zero attached hydrogens (tertiary/aromatic N) is 1. The Hall–Kier alpha value is -0.580. The van der Waals surface area contributed by atoms with Crippen LogP contribution in [0.3, 0.4) is 0 Å². The largest absolute Gasteiger partial charge is 0.340 e. The molecule has 5 heteroatoms. The number of halogens is 1. The first-order valence-corrected chi connectivity index (χ1v) is 7.38. The molecule has 1 aliphatic rings. The van der Waals surface area contributed by atoms with Crippen LogP contribution in [0.1, 0.15) is 31.1 Å². The summed E-state index contributed by atoms with van der Waals surface area (Å²) in [5, 5.41) is 0. The summed E-state index contributed by atoms with van der Waals surface area (Å²) in [4.78, 5) is 15.4. The lowest BCUT2D eigenvalue weighted by atomic mass is 9.83. The molecule has 2 rings (SSSR count). The van der Waals surface area contributed by atoms with E-state index in [0.29, 0.717) is 6.54 Å². The molecular weight excluding hydrogens is 268 g/mol. The highest BCUT2D eigenvalue weighted by molar-refractivity contribution is 7.16. The van der Waals surface area contributed by atoms with Crippen LogP contribution < -0.4 is 5.73 Å². The zero-order valence-corrected chi connectivity index (χ0v) is 12.4. The lowest BCUT2D eigenvalue weighted by Gasteiger charge is -2.32. The number of nitrogens with two attached hydrogens (primary N) is 1. The molecule has 1 heterocycles. The van der Waals surface area contributed by atoms with Crippen LogP contribution in [-0.4, -0.2) is 23.9 Å². The summed E-state index contributed by atoms with van der Waals surface area (Å²) < 4.78 is 0.759. The van der Waals surface area contributed by atoms with E-state index in [1.54, 1.807) is 4.90 Å². The number of hydrogen-bond donors (Lipinski definition) is 1. The lowest BCUT2D eigenvalue weighted by molar-refractivity contribution is -0.140. The number of thiophene rings is 1. The van der Waals surface area contributed by atoms with Gasteiger partial charge in [0.2, 0.25) is 5.91 Å². The molecule has 18 heavy (non-hydrogen) atoms. The van der Waals surface area contributed by atoms with Gasteiger partial charge >= 0.3 is 0 Å². The van der Waals surface area contributed by atoms with Crippen molar-refractivity contribution in [1.29, 1.82) is 0 Å². The maximum atomic E-state index is 12.5. The van der Waals surface area contributed by atoms with E-state index in [9.17, 15) is 4.79 Å². The minimum atomic E-state index is -0.393. The molecule has 3 nitrogen and oxygen atoms in total. The molecule has 1 aromatic heterocycles. The predicted molar refractivity (Wildman–Crippen MR) is 75.7 cm³/mol. The maximum absolute atomic E-state index is 12.5. The smallest absolute Gasteiger partial charge is 0.230 e. The Kier molecular flexibility index (Phi) is 3.99. The summed E-state index contributed by atoms with van der Waals surface area (Å²) in [5.74, 6) is 0.150. The van der Waals surface area contributed by atoms with Crippen molar-refractivity contribution in [2.75, 3.05) is 7.05 Å². The lowest BCUT2D eigenvalue weighted by Crippen LogP contribution is -2.47. The molecular formula is C13H19ClN2OS. The van der Waals surface area contributed by atoms with Crippen molar-refractivity contribution in [3.63, 3.8) is 0 Å². The molecule has 0 saturated heterocycles. The van der Waals surface area contributed by atoms with Crippen molar-refractivity contribution < 1.29 is 4.79 Å². The van der Waals surface area contributed by atoms with Crippen LogP contribution in [-0.2, 0) is 11.3 Å².